The summed E-state index contributed by atoms with van der Waals surface area (Å²) in [5, 5.41) is 2.52. The number of nitrogens with zero attached hydrogens (tertiary/aromatic N) is 2. The highest BCUT2D eigenvalue weighted by Gasteiger charge is 1.94. The number of hydrogen-bond donors (Lipinski definition) is 1. The highest BCUT2D eigenvalue weighted by atomic mass is 14.9. The molecule has 20 heavy (non-hydrogen) atoms. The first-order valence-corrected chi connectivity index (χ1v) is 6.63. The Hall–Kier alpha value is -2.55. The van der Waals surface area contributed by atoms with Crippen LogP contribution >= 0.6 is 0 Å². The highest BCUT2D eigenvalue weighted by molar-refractivity contribution is 5.82. The average molecular weight is 263 g/mol. The molecule has 3 heteroatoms. The molecular formula is C17H17N3. The van der Waals surface area contributed by atoms with Crippen molar-refractivity contribution in [2.24, 2.45) is 7.05 Å². The summed E-state index contributed by atoms with van der Waals surface area (Å²) < 4.78 is 2.08. The maximum atomic E-state index is 4.01. The van der Waals surface area contributed by atoms with Crippen LogP contribution in [0.25, 0.3) is 21.8 Å². The molecule has 100 valence electrons. The van der Waals surface area contributed by atoms with Crippen molar-refractivity contribution < 1.29 is 0 Å². The van der Waals surface area contributed by atoms with Gasteiger partial charge in [0, 0.05) is 48.1 Å². The van der Waals surface area contributed by atoms with Crippen LogP contribution in [-0.2, 0) is 7.05 Å². The van der Waals surface area contributed by atoms with Crippen molar-refractivity contribution in [2.45, 2.75) is 6.92 Å². The quantitative estimate of drug-likeness (QED) is 0.510. The monoisotopic (exact) mass is 263 g/mol. The van der Waals surface area contributed by atoms with Crippen LogP contribution in [0.3, 0.4) is 0 Å². The second-order valence-corrected chi connectivity index (χ2v) is 4.87. The van der Waals surface area contributed by atoms with E-state index in [9.17, 15) is 0 Å². The predicted octanol–water partition coefficient (Wildman–Crippen LogP) is 4.05. The molecule has 0 aliphatic rings. The van der Waals surface area contributed by atoms with Crippen LogP contribution in [0.2, 0.25) is 0 Å². The molecule has 3 nitrogen and oxygen atoms in total. The molecule has 4 aromatic rings. The van der Waals surface area contributed by atoms with Gasteiger partial charge in [-0.3, -0.25) is 4.98 Å². The summed E-state index contributed by atoms with van der Waals surface area (Å²) in [7, 11) is 2.03. The van der Waals surface area contributed by atoms with Gasteiger partial charge in [-0.1, -0.05) is 12.1 Å². The molecule has 4 rings (SSSR count). The molecule has 0 saturated carbocycles. The zero-order chi connectivity index (χ0) is 13.9. The molecule has 1 N–H and O–H groups in total. The summed E-state index contributed by atoms with van der Waals surface area (Å²) in [6.07, 6.45) is 7.68. The fourth-order valence-corrected chi connectivity index (χ4v) is 2.36. The Kier molecular flexibility index (Phi) is 3.25. The van der Waals surface area contributed by atoms with Crippen LogP contribution in [0, 0.1) is 6.92 Å². The number of rotatable bonds is 0. The van der Waals surface area contributed by atoms with E-state index < -0.39 is 0 Å². The Balaban J connectivity index is 0.000000121. The molecule has 3 heterocycles. The van der Waals surface area contributed by atoms with Gasteiger partial charge in [0.2, 0.25) is 0 Å². The van der Waals surface area contributed by atoms with Crippen molar-refractivity contribution in [1.82, 2.24) is 14.5 Å². The Labute approximate surface area is 117 Å². The lowest BCUT2D eigenvalue weighted by Crippen LogP contribution is -1.82. The van der Waals surface area contributed by atoms with E-state index in [4.69, 9.17) is 0 Å². The van der Waals surface area contributed by atoms with Crippen LogP contribution < -0.4 is 0 Å². The maximum absolute atomic E-state index is 4.01. The Morgan fingerprint density at radius 1 is 1.10 bits per heavy atom. The standard InChI is InChI=1S/C9H9N.C8H8N2/c1-7-3-2-4-9-8(7)5-6-10-9;1-10-5-3-7-6-9-4-2-8(7)10/h2-6,10H,1H3;2-6H,1H3. The normalized spacial score (nSPS) is 10.5. The molecular weight excluding hydrogens is 246 g/mol. The van der Waals surface area contributed by atoms with Crippen LogP contribution in [0.5, 0.6) is 0 Å². The van der Waals surface area contributed by atoms with Gasteiger partial charge in [-0.05, 0) is 36.8 Å². The molecule has 0 saturated heterocycles. The molecule has 0 amide bonds. The predicted molar refractivity (Wildman–Crippen MR) is 83.7 cm³/mol. The number of aromatic nitrogens is 3. The lowest BCUT2D eigenvalue weighted by molar-refractivity contribution is 0.968. The molecule has 3 aromatic heterocycles. The van der Waals surface area contributed by atoms with Crippen molar-refractivity contribution in [1.29, 1.82) is 0 Å². The lowest BCUT2D eigenvalue weighted by Gasteiger charge is -1.92. The first-order chi connectivity index (χ1) is 9.75. The van der Waals surface area contributed by atoms with E-state index in [2.05, 4.69) is 51.8 Å². The Bertz CT molecular complexity index is 833. The highest BCUT2D eigenvalue weighted by Crippen LogP contribution is 2.15. The third-order valence-electron chi connectivity index (χ3n) is 3.50. The zero-order valence-corrected chi connectivity index (χ0v) is 11.7. The third kappa shape index (κ3) is 2.30. The number of pyridine rings is 1. The van der Waals surface area contributed by atoms with Gasteiger partial charge in [0.05, 0.1) is 5.52 Å². The number of aryl methyl sites for hydroxylation is 2. The largest absolute Gasteiger partial charge is 0.361 e. The summed E-state index contributed by atoms with van der Waals surface area (Å²) in [6, 6.07) is 12.4. The van der Waals surface area contributed by atoms with Crippen LogP contribution in [0.1, 0.15) is 5.56 Å². The minimum Gasteiger partial charge on any atom is -0.361 e. The molecule has 0 fully saturated rings. The third-order valence-corrected chi connectivity index (χ3v) is 3.50. The van der Waals surface area contributed by atoms with Gasteiger partial charge in [0.25, 0.3) is 0 Å². The van der Waals surface area contributed by atoms with E-state index in [0.29, 0.717) is 0 Å². The van der Waals surface area contributed by atoms with Gasteiger partial charge in [0.15, 0.2) is 0 Å². The SMILES string of the molecule is Cc1cccc2[nH]ccc12.Cn1ccc2cnccc21. The molecule has 0 bridgehead atoms. The van der Waals surface area contributed by atoms with E-state index >= 15 is 0 Å². The van der Waals surface area contributed by atoms with Gasteiger partial charge in [-0.15, -0.1) is 0 Å². The number of nitrogens with one attached hydrogen (secondary N) is 1. The molecule has 0 unspecified atom stereocenters. The Morgan fingerprint density at radius 3 is 2.80 bits per heavy atom. The van der Waals surface area contributed by atoms with Crippen LogP contribution in [-0.4, -0.2) is 14.5 Å². The van der Waals surface area contributed by atoms with E-state index in [0.717, 1.165) is 0 Å². The van der Waals surface area contributed by atoms with Gasteiger partial charge >= 0.3 is 0 Å². The number of aromatic amines is 1. The summed E-state index contributed by atoms with van der Waals surface area (Å²) in [6.45, 7) is 2.12. The first kappa shape index (κ1) is 12.5. The van der Waals surface area contributed by atoms with E-state index in [1.54, 1.807) is 0 Å². The van der Waals surface area contributed by atoms with Gasteiger partial charge < -0.3 is 9.55 Å². The van der Waals surface area contributed by atoms with E-state index in [1.165, 1.54) is 27.4 Å². The fraction of sp³-hybridized carbons (Fsp3) is 0.118. The topological polar surface area (TPSA) is 33.6 Å². The minimum atomic E-state index is 1.20. The molecule has 1 aromatic carbocycles. The summed E-state index contributed by atoms with van der Waals surface area (Å²) in [5.74, 6) is 0. The summed E-state index contributed by atoms with van der Waals surface area (Å²) in [4.78, 5) is 7.17. The molecule has 0 aliphatic heterocycles. The van der Waals surface area contributed by atoms with E-state index in [-0.39, 0.29) is 0 Å². The Morgan fingerprint density at radius 2 is 2.00 bits per heavy atom. The van der Waals surface area contributed by atoms with Crippen molar-refractivity contribution >= 4 is 21.8 Å². The molecule has 0 spiro atoms. The minimum absolute atomic E-state index is 1.20. The zero-order valence-electron chi connectivity index (χ0n) is 11.7. The number of H-pyrrole nitrogens is 1. The maximum Gasteiger partial charge on any atom is 0.0508 e. The average Bonchev–Trinajstić information content (AvgIpc) is 3.08. The fourth-order valence-electron chi connectivity index (χ4n) is 2.36. The number of fused-ring (bicyclic) bond motifs is 2. The van der Waals surface area contributed by atoms with Crippen LogP contribution in [0.4, 0.5) is 0 Å². The molecule has 0 atom stereocenters. The van der Waals surface area contributed by atoms with Crippen molar-refractivity contribution in [3.05, 3.63) is 66.7 Å². The smallest absolute Gasteiger partial charge is 0.0508 e. The van der Waals surface area contributed by atoms with Crippen molar-refractivity contribution in [3.63, 3.8) is 0 Å². The van der Waals surface area contributed by atoms with Gasteiger partial charge in [0.1, 0.15) is 0 Å². The van der Waals surface area contributed by atoms with E-state index in [1.807, 2.05) is 37.9 Å². The van der Waals surface area contributed by atoms with Crippen LogP contribution in [0.15, 0.2) is 61.2 Å². The van der Waals surface area contributed by atoms with Gasteiger partial charge in [-0.2, -0.15) is 0 Å². The second-order valence-electron chi connectivity index (χ2n) is 4.87. The number of benzene rings is 1. The van der Waals surface area contributed by atoms with Gasteiger partial charge in [-0.25, -0.2) is 0 Å². The van der Waals surface area contributed by atoms with Crippen molar-refractivity contribution in [3.8, 4) is 0 Å². The lowest BCUT2D eigenvalue weighted by atomic mass is 10.1. The first-order valence-electron chi connectivity index (χ1n) is 6.63. The van der Waals surface area contributed by atoms with Crippen molar-refractivity contribution in [2.75, 3.05) is 0 Å². The number of hydrogen-bond acceptors (Lipinski definition) is 1. The molecule has 0 radical (unpaired) electrons. The summed E-state index contributed by atoms with van der Waals surface area (Å²) in [5.41, 5.74) is 3.79. The second kappa shape index (κ2) is 5.21. The molecule has 0 aliphatic carbocycles. The summed E-state index contributed by atoms with van der Waals surface area (Å²) >= 11 is 0.